The second-order valence-electron chi connectivity index (χ2n) is 4.68. The monoisotopic (exact) mass is 245 g/mol. The van der Waals surface area contributed by atoms with Crippen molar-refractivity contribution in [3.63, 3.8) is 0 Å². The van der Waals surface area contributed by atoms with E-state index in [1.165, 1.54) is 12.8 Å². The van der Waals surface area contributed by atoms with Crippen molar-refractivity contribution in [1.29, 1.82) is 0 Å². The molecule has 2 aromatic heterocycles. The van der Waals surface area contributed by atoms with E-state index in [0.29, 0.717) is 18.2 Å². The molecule has 6 nitrogen and oxygen atoms in total. The maximum Gasteiger partial charge on any atom is 0.274 e. The summed E-state index contributed by atoms with van der Waals surface area (Å²) in [6, 6.07) is 1.86. The zero-order valence-corrected chi connectivity index (χ0v) is 10.2. The van der Waals surface area contributed by atoms with Crippen LogP contribution in [0.15, 0.2) is 18.5 Å². The van der Waals surface area contributed by atoms with E-state index in [1.807, 2.05) is 6.07 Å². The van der Waals surface area contributed by atoms with Crippen LogP contribution in [-0.4, -0.2) is 38.0 Å². The van der Waals surface area contributed by atoms with Gasteiger partial charge in [-0.05, 0) is 18.9 Å². The molecule has 1 aliphatic rings. The minimum absolute atomic E-state index is 0.0884. The predicted molar refractivity (Wildman–Crippen MR) is 64.9 cm³/mol. The summed E-state index contributed by atoms with van der Waals surface area (Å²) in [5, 5.41) is 7.02. The van der Waals surface area contributed by atoms with Gasteiger partial charge in [0.1, 0.15) is 11.5 Å². The molecule has 0 unspecified atom stereocenters. The molecule has 1 fully saturated rings. The SMILES string of the molecule is CN(Cc1ncc[nH]1)C(=O)c1cc(C2CC2)[nH]n1. The van der Waals surface area contributed by atoms with Crippen LogP contribution in [-0.2, 0) is 6.54 Å². The van der Waals surface area contributed by atoms with E-state index in [2.05, 4.69) is 20.2 Å². The fraction of sp³-hybridized carbons (Fsp3) is 0.417. The van der Waals surface area contributed by atoms with Crippen LogP contribution in [0.25, 0.3) is 0 Å². The summed E-state index contributed by atoms with van der Waals surface area (Å²) in [5.41, 5.74) is 1.55. The van der Waals surface area contributed by atoms with Gasteiger partial charge in [0.15, 0.2) is 0 Å². The van der Waals surface area contributed by atoms with Gasteiger partial charge in [-0.15, -0.1) is 0 Å². The molecule has 0 saturated heterocycles. The van der Waals surface area contributed by atoms with Crippen LogP contribution < -0.4 is 0 Å². The molecule has 0 spiro atoms. The third kappa shape index (κ3) is 2.13. The van der Waals surface area contributed by atoms with Gasteiger partial charge < -0.3 is 9.88 Å². The first-order chi connectivity index (χ1) is 8.74. The Bertz CT molecular complexity index is 541. The molecule has 1 aliphatic carbocycles. The number of amides is 1. The number of aromatic amines is 2. The van der Waals surface area contributed by atoms with E-state index in [0.717, 1.165) is 11.5 Å². The van der Waals surface area contributed by atoms with Crippen molar-refractivity contribution in [2.75, 3.05) is 7.05 Å². The Morgan fingerprint density at radius 3 is 3.06 bits per heavy atom. The molecule has 2 aromatic rings. The number of carbonyl (C=O) groups excluding carboxylic acids is 1. The lowest BCUT2D eigenvalue weighted by Crippen LogP contribution is -2.27. The third-order valence-corrected chi connectivity index (χ3v) is 3.12. The lowest BCUT2D eigenvalue weighted by atomic mass is 10.2. The zero-order valence-electron chi connectivity index (χ0n) is 10.2. The Balaban J connectivity index is 1.68. The van der Waals surface area contributed by atoms with Crippen molar-refractivity contribution >= 4 is 5.91 Å². The molecule has 0 atom stereocenters. The summed E-state index contributed by atoms with van der Waals surface area (Å²) in [4.78, 5) is 20.8. The highest BCUT2D eigenvalue weighted by molar-refractivity contribution is 5.92. The molecule has 0 radical (unpaired) electrons. The average molecular weight is 245 g/mol. The first kappa shape index (κ1) is 11.0. The molecular weight excluding hydrogens is 230 g/mol. The number of carbonyl (C=O) groups is 1. The van der Waals surface area contributed by atoms with E-state index < -0.39 is 0 Å². The van der Waals surface area contributed by atoms with Crippen LogP contribution in [0.3, 0.4) is 0 Å². The molecule has 3 rings (SSSR count). The zero-order chi connectivity index (χ0) is 12.5. The van der Waals surface area contributed by atoms with Crippen LogP contribution in [0.2, 0.25) is 0 Å². The average Bonchev–Trinajstić information content (AvgIpc) is 2.91. The summed E-state index contributed by atoms with van der Waals surface area (Å²) < 4.78 is 0. The highest BCUT2D eigenvalue weighted by Crippen LogP contribution is 2.39. The first-order valence-corrected chi connectivity index (χ1v) is 6.03. The van der Waals surface area contributed by atoms with E-state index >= 15 is 0 Å². The summed E-state index contributed by atoms with van der Waals surface area (Å²) >= 11 is 0. The largest absolute Gasteiger partial charge is 0.347 e. The van der Waals surface area contributed by atoms with Gasteiger partial charge in [-0.2, -0.15) is 5.10 Å². The molecule has 1 saturated carbocycles. The highest BCUT2D eigenvalue weighted by atomic mass is 16.2. The minimum Gasteiger partial charge on any atom is -0.347 e. The summed E-state index contributed by atoms with van der Waals surface area (Å²) in [7, 11) is 1.75. The number of nitrogens with one attached hydrogen (secondary N) is 2. The van der Waals surface area contributed by atoms with Gasteiger partial charge >= 0.3 is 0 Å². The third-order valence-electron chi connectivity index (χ3n) is 3.12. The van der Waals surface area contributed by atoms with Crippen LogP contribution in [0, 0.1) is 0 Å². The molecule has 0 bridgehead atoms. The van der Waals surface area contributed by atoms with Gasteiger partial charge in [0, 0.05) is 31.1 Å². The van der Waals surface area contributed by atoms with E-state index in [1.54, 1.807) is 24.3 Å². The van der Waals surface area contributed by atoms with Crippen molar-refractivity contribution in [2.45, 2.75) is 25.3 Å². The Morgan fingerprint density at radius 1 is 1.56 bits per heavy atom. The standard InChI is InChI=1S/C12H15N5O/c1-17(7-11-13-4-5-14-11)12(18)10-6-9(15-16-10)8-2-3-8/h4-6,8H,2-3,7H2,1H3,(H,13,14)(H,15,16). The maximum absolute atomic E-state index is 12.1. The van der Waals surface area contributed by atoms with Crippen molar-refractivity contribution in [1.82, 2.24) is 25.1 Å². The number of hydrogen-bond acceptors (Lipinski definition) is 3. The van der Waals surface area contributed by atoms with E-state index in [4.69, 9.17) is 0 Å². The van der Waals surface area contributed by atoms with Crippen LogP contribution in [0.5, 0.6) is 0 Å². The molecule has 18 heavy (non-hydrogen) atoms. The van der Waals surface area contributed by atoms with Crippen molar-refractivity contribution < 1.29 is 4.79 Å². The second kappa shape index (κ2) is 4.29. The minimum atomic E-state index is -0.0884. The van der Waals surface area contributed by atoms with Crippen LogP contribution in [0.4, 0.5) is 0 Å². The van der Waals surface area contributed by atoms with Crippen molar-refractivity contribution in [3.05, 3.63) is 35.7 Å². The fourth-order valence-electron chi connectivity index (χ4n) is 1.93. The highest BCUT2D eigenvalue weighted by Gasteiger charge is 2.27. The Labute approximate surface area is 104 Å². The van der Waals surface area contributed by atoms with E-state index in [-0.39, 0.29) is 5.91 Å². The molecule has 6 heteroatoms. The van der Waals surface area contributed by atoms with E-state index in [9.17, 15) is 4.79 Å². The van der Waals surface area contributed by atoms with Gasteiger partial charge in [-0.3, -0.25) is 9.89 Å². The number of imidazole rings is 1. The molecule has 0 aliphatic heterocycles. The van der Waals surface area contributed by atoms with Gasteiger partial charge in [0.05, 0.1) is 6.54 Å². The topological polar surface area (TPSA) is 77.7 Å². The number of hydrogen-bond donors (Lipinski definition) is 2. The van der Waals surface area contributed by atoms with Crippen LogP contribution >= 0.6 is 0 Å². The molecule has 2 heterocycles. The molecule has 0 aromatic carbocycles. The molecule has 1 amide bonds. The number of nitrogens with zero attached hydrogens (tertiary/aromatic N) is 3. The number of aromatic nitrogens is 4. The fourth-order valence-corrected chi connectivity index (χ4v) is 1.93. The van der Waals surface area contributed by atoms with Gasteiger partial charge in [-0.25, -0.2) is 4.98 Å². The Kier molecular flexibility index (Phi) is 2.62. The Morgan fingerprint density at radius 2 is 2.39 bits per heavy atom. The molecule has 94 valence electrons. The number of H-pyrrole nitrogens is 2. The van der Waals surface area contributed by atoms with Crippen LogP contribution in [0.1, 0.15) is 40.8 Å². The smallest absolute Gasteiger partial charge is 0.274 e. The van der Waals surface area contributed by atoms with Crippen molar-refractivity contribution in [3.8, 4) is 0 Å². The van der Waals surface area contributed by atoms with Gasteiger partial charge in [0.25, 0.3) is 5.91 Å². The quantitative estimate of drug-likeness (QED) is 0.851. The first-order valence-electron chi connectivity index (χ1n) is 6.03. The predicted octanol–water partition coefficient (Wildman–Crippen LogP) is 1.28. The van der Waals surface area contributed by atoms with Gasteiger partial charge in [-0.1, -0.05) is 0 Å². The summed E-state index contributed by atoms with van der Waals surface area (Å²) in [6.45, 7) is 0.456. The molecule has 2 N–H and O–H groups in total. The second-order valence-corrected chi connectivity index (χ2v) is 4.68. The van der Waals surface area contributed by atoms with Crippen molar-refractivity contribution in [2.24, 2.45) is 0 Å². The normalized spacial score (nSPS) is 14.7. The lowest BCUT2D eigenvalue weighted by molar-refractivity contribution is 0.0776. The number of rotatable bonds is 4. The molecular formula is C12H15N5O. The lowest BCUT2D eigenvalue weighted by Gasteiger charge is -2.13. The maximum atomic E-state index is 12.1. The Hall–Kier alpha value is -2.11. The summed E-state index contributed by atoms with van der Waals surface area (Å²) in [5.74, 6) is 1.26. The van der Waals surface area contributed by atoms with Gasteiger partial charge in [0.2, 0.25) is 0 Å². The summed E-state index contributed by atoms with van der Waals surface area (Å²) in [6.07, 6.45) is 5.80.